The number of nitrogens with zero attached hydrogens (tertiary/aromatic N) is 4. The van der Waals surface area contributed by atoms with Crippen molar-refractivity contribution in [2.75, 3.05) is 19.7 Å². The van der Waals surface area contributed by atoms with Gasteiger partial charge in [0, 0.05) is 40.9 Å². The molecule has 3 aromatic rings. The van der Waals surface area contributed by atoms with Crippen molar-refractivity contribution in [2.45, 2.75) is 51.0 Å². The first-order valence-electron chi connectivity index (χ1n) is 12.8. The van der Waals surface area contributed by atoms with Gasteiger partial charge in [0.1, 0.15) is 18.2 Å². The van der Waals surface area contributed by atoms with Crippen LogP contribution in [0.3, 0.4) is 0 Å². The number of ether oxygens (including phenoxy) is 2. The van der Waals surface area contributed by atoms with Gasteiger partial charge in [0.05, 0.1) is 31.1 Å². The standard InChI is InChI=1S/C28H30ClFN4O4/c29-21-5-4-20(24(30)14-21)18-38-27-3-1-2-25(32-27)19-8-11-33(12-9-19)17-26-31-15-22(6-7-28(35)36)34(26)16-23-10-13-37-23/h1-7,14-15,19,23H,8-13,16-18H2,(H,35,36)/b7-6+/t23-/m0/s1. The van der Waals surface area contributed by atoms with Gasteiger partial charge in [0.15, 0.2) is 0 Å². The van der Waals surface area contributed by atoms with Gasteiger partial charge in [-0.3, -0.25) is 4.90 Å². The van der Waals surface area contributed by atoms with Crippen LogP contribution in [-0.2, 0) is 29.2 Å². The normalized spacial score (nSPS) is 18.5. The second-order valence-electron chi connectivity index (χ2n) is 9.64. The summed E-state index contributed by atoms with van der Waals surface area (Å²) in [5.41, 5.74) is 2.18. The lowest BCUT2D eigenvalue weighted by Gasteiger charge is -2.32. The Kier molecular flexibility index (Phi) is 8.36. The summed E-state index contributed by atoms with van der Waals surface area (Å²) in [7, 11) is 0. The lowest BCUT2D eigenvalue weighted by molar-refractivity contribution is -0.131. The van der Waals surface area contributed by atoms with E-state index < -0.39 is 11.8 Å². The third kappa shape index (κ3) is 6.59. The third-order valence-corrected chi connectivity index (χ3v) is 7.29. The molecular weight excluding hydrogens is 511 g/mol. The van der Waals surface area contributed by atoms with Gasteiger partial charge < -0.3 is 19.1 Å². The van der Waals surface area contributed by atoms with Gasteiger partial charge in [-0.05, 0) is 56.6 Å². The van der Waals surface area contributed by atoms with Crippen molar-refractivity contribution >= 4 is 23.6 Å². The van der Waals surface area contributed by atoms with Gasteiger partial charge in [-0.2, -0.15) is 0 Å². The number of pyridine rings is 1. The molecule has 1 atom stereocenters. The summed E-state index contributed by atoms with van der Waals surface area (Å²) in [6.45, 7) is 3.98. The number of benzene rings is 1. The number of imidazole rings is 1. The van der Waals surface area contributed by atoms with Crippen LogP contribution in [0.4, 0.5) is 4.39 Å². The molecule has 5 rings (SSSR count). The molecular formula is C28H30ClFN4O4. The third-order valence-electron chi connectivity index (χ3n) is 7.05. The van der Waals surface area contributed by atoms with E-state index in [1.807, 2.05) is 12.1 Å². The van der Waals surface area contributed by atoms with E-state index in [1.165, 1.54) is 6.07 Å². The lowest BCUT2D eigenvalue weighted by Crippen LogP contribution is -2.35. The summed E-state index contributed by atoms with van der Waals surface area (Å²) in [5, 5.41) is 9.38. The number of carbonyl (C=O) groups is 1. The maximum absolute atomic E-state index is 14.1. The number of carboxylic acids is 1. The minimum Gasteiger partial charge on any atom is -0.478 e. The van der Waals surface area contributed by atoms with E-state index in [9.17, 15) is 9.18 Å². The van der Waals surface area contributed by atoms with Crippen LogP contribution in [0.1, 0.15) is 48.0 Å². The van der Waals surface area contributed by atoms with Crippen LogP contribution in [0.5, 0.6) is 5.88 Å². The van der Waals surface area contributed by atoms with Crippen molar-refractivity contribution < 1.29 is 23.8 Å². The van der Waals surface area contributed by atoms with Crippen molar-refractivity contribution in [2.24, 2.45) is 0 Å². The summed E-state index contributed by atoms with van der Waals surface area (Å²) in [6.07, 6.45) is 7.48. The number of aromatic nitrogens is 3. The van der Waals surface area contributed by atoms with E-state index in [0.717, 1.165) is 62.2 Å². The van der Waals surface area contributed by atoms with E-state index in [1.54, 1.807) is 30.5 Å². The molecule has 10 heteroatoms. The molecule has 1 aromatic carbocycles. The number of hydrogen-bond donors (Lipinski definition) is 1. The smallest absolute Gasteiger partial charge is 0.328 e. The molecule has 1 N–H and O–H groups in total. The van der Waals surface area contributed by atoms with Crippen LogP contribution in [-0.4, -0.2) is 56.3 Å². The molecule has 0 spiro atoms. The number of rotatable bonds is 10. The zero-order valence-corrected chi connectivity index (χ0v) is 21.7. The molecule has 2 aliphatic rings. The highest BCUT2D eigenvalue weighted by Gasteiger charge is 2.25. The summed E-state index contributed by atoms with van der Waals surface area (Å²) in [6, 6.07) is 10.3. The minimum atomic E-state index is -0.985. The predicted octanol–water partition coefficient (Wildman–Crippen LogP) is 4.92. The van der Waals surface area contributed by atoms with Crippen LogP contribution in [0.2, 0.25) is 5.02 Å². The first-order valence-corrected chi connectivity index (χ1v) is 13.2. The topological polar surface area (TPSA) is 89.7 Å². The number of halogens is 2. The molecule has 38 heavy (non-hydrogen) atoms. The molecule has 0 amide bonds. The van der Waals surface area contributed by atoms with Crippen molar-refractivity contribution in [3.05, 3.63) is 82.3 Å². The molecule has 0 unspecified atom stereocenters. The monoisotopic (exact) mass is 540 g/mol. The zero-order valence-electron chi connectivity index (χ0n) is 20.9. The maximum atomic E-state index is 14.1. The fourth-order valence-electron chi connectivity index (χ4n) is 4.80. The molecule has 2 aliphatic heterocycles. The molecule has 0 saturated carbocycles. The van der Waals surface area contributed by atoms with Gasteiger partial charge in [-0.1, -0.05) is 23.7 Å². The average molecular weight is 541 g/mol. The Hall–Kier alpha value is -3.27. The van der Waals surface area contributed by atoms with E-state index in [2.05, 4.69) is 14.5 Å². The van der Waals surface area contributed by atoms with Gasteiger partial charge in [0.2, 0.25) is 5.88 Å². The molecule has 2 aromatic heterocycles. The molecule has 2 fully saturated rings. The van der Waals surface area contributed by atoms with E-state index in [-0.39, 0.29) is 12.7 Å². The number of likely N-dealkylation sites (tertiary alicyclic amines) is 1. The first kappa shape index (κ1) is 26.3. The number of piperidine rings is 1. The first-order chi connectivity index (χ1) is 18.4. The van der Waals surface area contributed by atoms with Gasteiger partial charge >= 0.3 is 5.97 Å². The van der Waals surface area contributed by atoms with Crippen molar-refractivity contribution in [1.29, 1.82) is 0 Å². The molecule has 200 valence electrons. The number of carboxylic acid groups (broad SMARTS) is 1. The lowest BCUT2D eigenvalue weighted by atomic mass is 9.93. The molecule has 4 heterocycles. The van der Waals surface area contributed by atoms with Crippen molar-refractivity contribution in [3.63, 3.8) is 0 Å². The van der Waals surface area contributed by atoms with Gasteiger partial charge in [-0.25, -0.2) is 19.2 Å². The highest BCUT2D eigenvalue weighted by molar-refractivity contribution is 6.30. The summed E-state index contributed by atoms with van der Waals surface area (Å²) < 4.78 is 27.5. The predicted molar refractivity (Wildman–Crippen MR) is 140 cm³/mol. The Bertz CT molecular complexity index is 1300. The molecule has 0 bridgehead atoms. The Morgan fingerprint density at radius 2 is 2.05 bits per heavy atom. The van der Waals surface area contributed by atoms with Gasteiger partial charge in [0.25, 0.3) is 0 Å². The number of aliphatic carboxylic acids is 1. The molecule has 2 saturated heterocycles. The molecule has 0 aliphatic carbocycles. The van der Waals surface area contributed by atoms with Crippen LogP contribution in [0.25, 0.3) is 6.08 Å². The minimum absolute atomic E-state index is 0.0834. The highest BCUT2D eigenvalue weighted by Crippen LogP contribution is 2.29. The van der Waals surface area contributed by atoms with Gasteiger partial charge in [-0.15, -0.1) is 0 Å². The fourth-order valence-corrected chi connectivity index (χ4v) is 4.96. The summed E-state index contributed by atoms with van der Waals surface area (Å²) in [4.78, 5) is 22.7. The average Bonchev–Trinajstić information content (AvgIpc) is 3.26. The Balaban J connectivity index is 1.18. The fraction of sp³-hybridized carbons (Fsp3) is 0.393. The van der Waals surface area contributed by atoms with E-state index in [0.29, 0.717) is 35.5 Å². The van der Waals surface area contributed by atoms with Crippen LogP contribution < -0.4 is 4.74 Å². The maximum Gasteiger partial charge on any atom is 0.328 e. The Labute approximate surface area is 225 Å². The quantitative estimate of drug-likeness (QED) is 0.365. The molecule has 8 nitrogen and oxygen atoms in total. The van der Waals surface area contributed by atoms with Crippen LogP contribution >= 0.6 is 11.6 Å². The second kappa shape index (κ2) is 12.1. The second-order valence-corrected chi connectivity index (χ2v) is 10.1. The van der Waals surface area contributed by atoms with Crippen LogP contribution in [0.15, 0.2) is 48.7 Å². The SMILES string of the molecule is O=C(O)/C=C/c1cnc(CN2CCC(c3cccc(OCc4ccc(Cl)cc4F)n3)CC2)n1C[C@@H]1CCO1. The number of hydrogen-bond acceptors (Lipinski definition) is 6. The Morgan fingerprint density at radius 3 is 2.76 bits per heavy atom. The Morgan fingerprint density at radius 1 is 1.24 bits per heavy atom. The molecule has 0 radical (unpaired) electrons. The van der Waals surface area contributed by atoms with E-state index in [4.69, 9.17) is 31.2 Å². The summed E-state index contributed by atoms with van der Waals surface area (Å²) >= 11 is 5.83. The summed E-state index contributed by atoms with van der Waals surface area (Å²) in [5.74, 6) is 0.307. The largest absolute Gasteiger partial charge is 0.478 e. The van der Waals surface area contributed by atoms with Crippen molar-refractivity contribution in [3.8, 4) is 5.88 Å². The zero-order chi connectivity index (χ0) is 26.5. The highest BCUT2D eigenvalue weighted by atomic mass is 35.5. The van der Waals surface area contributed by atoms with Crippen LogP contribution in [0, 0.1) is 5.82 Å². The van der Waals surface area contributed by atoms with Crippen molar-refractivity contribution in [1.82, 2.24) is 19.4 Å². The van der Waals surface area contributed by atoms with E-state index >= 15 is 0 Å².